The highest BCUT2D eigenvalue weighted by Gasteiger charge is 2.05. The number of pyridine rings is 1. The third-order valence-electron chi connectivity index (χ3n) is 3.87. The van der Waals surface area contributed by atoms with Crippen molar-refractivity contribution in [2.45, 2.75) is 19.5 Å². The molecule has 3 rings (SSSR count). The molecule has 4 heteroatoms. The summed E-state index contributed by atoms with van der Waals surface area (Å²) >= 11 is 0. The minimum atomic E-state index is -0.234. The number of benzene rings is 2. The second kappa shape index (κ2) is 8.40. The molecule has 128 valence electrons. The summed E-state index contributed by atoms with van der Waals surface area (Å²) < 4.78 is 18.8. The van der Waals surface area contributed by atoms with Gasteiger partial charge < -0.3 is 10.1 Å². The standard InChI is InChI=1S/C21H21FN2O/c1-16(15-25-21-5-3-2-4-6-21)24-13-17-11-19(14-23-12-17)18-7-9-20(22)10-8-18/h2-12,14,16,24H,13,15H2,1H3. The molecule has 0 saturated heterocycles. The number of hydrogen-bond acceptors (Lipinski definition) is 3. The van der Waals surface area contributed by atoms with Gasteiger partial charge in [0.05, 0.1) is 0 Å². The molecular weight excluding hydrogens is 315 g/mol. The minimum absolute atomic E-state index is 0.203. The molecule has 0 aliphatic rings. The fraction of sp³-hybridized carbons (Fsp3) is 0.190. The molecule has 1 aromatic heterocycles. The molecule has 0 radical (unpaired) electrons. The second-order valence-electron chi connectivity index (χ2n) is 5.99. The Morgan fingerprint density at radius 2 is 1.76 bits per heavy atom. The van der Waals surface area contributed by atoms with Crippen LogP contribution in [0.1, 0.15) is 12.5 Å². The topological polar surface area (TPSA) is 34.1 Å². The monoisotopic (exact) mass is 336 g/mol. The van der Waals surface area contributed by atoms with Gasteiger partial charge in [-0.3, -0.25) is 4.98 Å². The molecule has 2 aromatic carbocycles. The summed E-state index contributed by atoms with van der Waals surface area (Å²) in [5.41, 5.74) is 3.01. The molecule has 0 aliphatic heterocycles. The SMILES string of the molecule is CC(COc1ccccc1)NCc1cncc(-c2ccc(F)cc2)c1. The van der Waals surface area contributed by atoms with Gasteiger partial charge in [0.2, 0.25) is 0 Å². The molecule has 0 amide bonds. The van der Waals surface area contributed by atoms with Gasteiger partial charge in [-0.15, -0.1) is 0 Å². The molecule has 3 aromatic rings. The molecular formula is C21H21FN2O. The maximum atomic E-state index is 13.0. The van der Waals surface area contributed by atoms with Crippen LogP contribution in [0.5, 0.6) is 5.75 Å². The van der Waals surface area contributed by atoms with Gasteiger partial charge in [-0.05, 0) is 48.4 Å². The molecule has 0 aliphatic carbocycles. The highest BCUT2D eigenvalue weighted by molar-refractivity contribution is 5.62. The van der Waals surface area contributed by atoms with Crippen LogP contribution in [0.25, 0.3) is 11.1 Å². The van der Waals surface area contributed by atoms with Crippen molar-refractivity contribution < 1.29 is 9.13 Å². The lowest BCUT2D eigenvalue weighted by molar-refractivity contribution is 0.272. The Labute approximate surface area is 147 Å². The largest absolute Gasteiger partial charge is 0.492 e. The van der Waals surface area contributed by atoms with Gasteiger partial charge in [0.25, 0.3) is 0 Å². The van der Waals surface area contributed by atoms with E-state index in [1.54, 1.807) is 18.3 Å². The summed E-state index contributed by atoms with van der Waals surface area (Å²) in [7, 11) is 0. The van der Waals surface area contributed by atoms with Crippen molar-refractivity contribution >= 4 is 0 Å². The normalized spacial score (nSPS) is 11.9. The lowest BCUT2D eigenvalue weighted by atomic mass is 10.1. The van der Waals surface area contributed by atoms with Crippen LogP contribution in [0, 0.1) is 5.82 Å². The van der Waals surface area contributed by atoms with E-state index in [-0.39, 0.29) is 11.9 Å². The Morgan fingerprint density at radius 1 is 1.00 bits per heavy atom. The van der Waals surface area contributed by atoms with Crippen molar-refractivity contribution in [1.29, 1.82) is 0 Å². The Balaban J connectivity index is 1.54. The molecule has 0 fully saturated rings. The maximum absolute atomic E-state index is 13.0. The van der Waals surface area contributed by atoms with Crippen molar-refractivity contribution in [3.05, 3.63) is 84.4 Å². The minimum Gasteiger partial charge on any atom is -0.492 e. The first kappa shape index (κ1) is 17.1. The van der Waals surface area contributed by atoms with Crippen LogP contribution in [0.15, 0.2) is 73.1 Å². The van der Waals surface area contributed by atoms with E-state index < -0.39 is 0 Å². The number of aromatic nitrogens is 1. The van der Waals surface area contributed by atoms with Gasteiger partial charge in [-0.25, -0.2) is 4.39 Å². The van der Waals surface area contributed by atoms with E-state index >= 15 is 0 Å². The fourth-order valence-corrected chi connectivity index (χ4v) is 2.47. The van der Waals surface area contributed by atoms with E-state index in [0.717, 1.165) is 22.4 Å². The smallest absolute Gasteiger partial charge is 0.123 e. The van der Waals surface area contributed by atoms with Crippen molar-refractivity contribution in [1.82, 2.24) is 10.3 Å². The van der Waals surface area contributed by atoms with Crippen LogP contribution in [0.3, 0.4) is 0 Å². The van der Waals surface area contributed by atoms with E-state index in [1.807, 2.05) is 36.5 Å². The van der Waals surface area contributed by atoms with Crippen LogP contribution in [0.2, 0.25) is 0 Å². The molecule has 0 spiro atoms. The van der Waals surface area contributed by atoms with E-state index in [4.69, 9.17) is 4.74 Å². The van der Waals surface area contributed by atoms with Crippen LogP contribution >= 0.6 is 0 Å². The van der Waals surface area contributed by atoms with Crippen molar-refractivity contribution in [3.8, 4) is 16.9 Å². The van der Waals surface area contributed by atoms with Gasteiger partial charge in [0.15, 0.2) is 0 Å². The molecule has 1 unspecified atom stereocenters. The third kappa shape index (κ3) is 5.13. The zero-order chi connectivity index (χ0) is 17.5. The Hall–Kier alpha value is -2.72. The van der Waals surface area contributed by atoms with Crippen LogP contribution in [-0.4, -0.2) is 17.6 Å². The number of rotatable bonds is 7. The zero-order valence-corrected chi connectivity index (χ0v) is 14.2. The zero-order valence-electron chi connectivity index (χ0n) is 14.2. The number of ether oxygens (including phenoxy) is 1. The average Bonchev–Trinajstić information content (AvgIpc) is 2.66. The fourth-order valence-electron chi connectivity index (χ4n) is 2.47. The first-order valence-corrected chi connectivity index (χ1v) is 8.32. The lowest BCUT2D eigenvalue weighted by Gasteiger charge is -2.15. The summed E-state index contributed by atoms with van der Waals surface area (Å²) in [6, 6.07) is 18.5. The highest BCUT2D eigenvalue weighted by Crippen LogP contribution is 2.19. The molecule has 1 heterocycles. The molecule has 25 heavy (non-hydrogen) atoms. The van der Waals surface area contributed by atoms with E-state index in [1.165, 1.54) is 12.1 Å². The lowest BCUT2D eigenvalue weighted by Crippen LogP contribution is -2.31. The maximum Gasteiger partial charge on any atom is 0.123 e. The quantitative estimate of drug-likeness (QED) is 0.692. The average molecular weight is 336 g/mol. The summed E-state index contributed by atoms with van der Waals surface area (Å²) in [5, 5.41) is 3.43. The number of hydrogen-bond donors (Lipinski definition) is 1. The van der Waals surface area contributed by atoms with Crippen LogP contribution in [-0.2, 0) is 6.54 Å². The molecule has 0 bridgehead atoms. The van der Waals surface area contributed by atoms with Gasteiger partial charge in [0, 0.05) is 30.5 Å². The first-order chi connectivity index (χ1) is 12.2. The van der Waals surface area contributed by atoms with Crippen LogP contribution in [0.4, 0.5) is 4.39 Å². The molecule has 1 N–H and O–H groups in total. The van der Waals surface area contributed by atoms with Gasteiger partial charge in [-0.2, -0.15) is 0 Å². The van der Waals surface area contributed by atoms with E-state index in [9.17, 15) is 4.39 Å². The predicted octanol–water partition coefficient (Wildman–Crippen LogP) is 4.44. The summed E-state index contributed by atoms with van der Waals surface area (Å²) in [4.78, 5) is 4.29. The van der Waals surface area contributed by atoms with Crippen molar-refractivity contribution in [2.24, 2.45) is 0 Å². The third-order valence-corrected chi connectivity index (χ3v) is 3.87. The second-order valence-corrected chi connectivity index (χ2v) is 5.99. The van der Waals surface area contributed by atoms with Gasteiger partial charge in [0.1, 0.15) is 18.2 Å². The predicted molar refractivity (Wildman–Crippen MR) is 97.9 cm³/mol. The number of para-hydroxylation sites is 1. The summed E-state index contributed by atoms with van der Waals surface area (Å²) in [5.74, 6) is 0.637. The number of halogens is 1. The summed E-state index contributed by atoms with van der Waals surface area (Å²) in [6.45, 7) is 3.37. The van der Waals surface area contributed by atoms with E-state index in [2.05, 4.69) is 23.3 Å². The van der Waals surface area contributed by atoms with Gasteiger partial charge >= 0.3 is 0 Å². The summed E-state index contributed by atoms with van der Waals surface area (Å²) in [6.07, 6.45) is 3.63. The van der Waals surface area contributed by atoms with E-state index in [0.29, 0.717) is 13.2 Å². The first-order valence-electron chi connectivity index (χ1n) is 8.32. The van der Waals surface area contributed by atoms with Gasteiger partial charge in [-0.1, -0.05) is 30.3 Å². The Bertz CT molecular complexity index is 791. The highest BCUT2D eigenvalue weighted by atomic mass is 19.1. The Morgan fingerprint density at radius 3 is 2.52 bits per heavy atom. The van der Waals surface area contributed by atoms with Crippen molar-refractivity contribution in [3.63, 3.8) is 0 Å². The molecule has 3 nitrogen and oxygen atoms in total. The number of nitrogens with zero attached hydrogens (tertiary/aromatic N) is 1. The van der Waals surface area contributed by atoms with Crippen molar-refractivity contribution in [2.75, 3.05) is 6.61 Å². The molecule has 0 saturated carbocycles. The molecule has 1 atom stereocenters. The van der Waals surface area contributed by atoms with Crippen LogP contribution < -0.4 is 10.1 Å². The Kier molecular flexibility index (Phi) is 5.75. The number of nitrogens with one attached hydrogen (secondary N) is 1.